The SMILES string of the molecule is N=C(c1ccccc1C(F)(F)F)c1c(-c2ccc(Cl)s2)ccnc1N. The normalized spacial score (nSPS) is 11.5. The van der Waals surface area contributed by atoms with Gasteiger partial charge in [-0.05, 0) is 24.3 Å². The Morgan fingerprint density at radius 3 is 2.48 bits per heavy atom. The molecule has 1 aromatic carbocycles. The lowest BCUT2D eigenvalue weighted by atomic mass is 9.94. The van der Waals surface area contributed by atoms with Gasteiger partial charge in [-0.1, -0.05) is 29.8 Å². The molecule has 3 N–H and O–H groups in total. The third kappa shape index (κ3) is 3.38. The van der Waals surface area contributed by atoms with Gasteiger partial charge in [-0.2, -0.15) is 13.2 Å². The summed E-state index contributed by atoms with van der Waals surface area (Å²) in [5.74, 6) is -0.0102. The number of halogens is 4. The Morgan fingerprint density at radius 1 is 1.12 bits per heavy atom. The van der Waals surface area contributed by atoms with Crippen LogP contribution in [0.25, 0.3) is 10.4 Å². The van der Waals surface area contributed by atoms with Gasteiger partial charge < -0.3 is 5.73 Å². The van der Waals surface area contributed by atoms with E-state index in [1.165, 1.54) is 35.7 Å². The number of nitrogens with two attached hydrogens (primary N) is 1. The number of rotatable bonds is 3. The Hall–Kier alpha value is -2.38. The predicted octanol–water partition coefficient (Wildman–Crippen LogP) is 5.48. The number of nitrogens with zero attached hydrogens (tertiary/aromatic N) is 1. The van der Waals surface area contributed by atoms with E-state index in [0.717, 1.165) is 6.07 Å². The molecule has 3 rings (SSSR count). The number of aromatic nitrogens is 1. The van der Waals surface area contributed by atoms with Crippen LogP contribution in [0, 0.1) is 5.41 Å². The third-order valence-corrected chi connectivity index (χ3v) is 4.84. The molecule has 0 amide bonds. The molecule has 0 aliphatic carbocycles. The van der Waals surface area contributed by atoms with E-state index in [1.807, 2.05) is 0 Å². The summed E-state index contributed by atoms with van der Waals surface area (Å²) in [6, 6.07) is 9.95. The Bertz CT molecular complexity index is 950. The summed E-state index contributed by atoms with van der Waals surface area (Å²) in [7, 11) is 0. The van der Waals surface area contributed by atoms with Crippen LogP contribution in [-0.2, 0) is 6.18 Å². The molecule has 0 radical (unpaired) electrons. The fraction of sp³-hybridized carbons (Fsp3) is 0.0588. The van der Waals surface area contributed by atoms with Crippen LogP contribution in [0.3, 0.4) is 0 Å². The summed E-state index contributed by atoms with van der Waals surface area (Å²) in [5, 5.41) is 8.38. The smallest absolute Gasteiger partial charge is 0.383 e. The first-order valence-electron chi connectivity index (χ1n) is 7.04. The maximum absolute atomic E-state index is 13.3. The van der Waals surface area contributed by atoms with Crippen molar-refractivity contribution in [3.05, 3.63) is 69.7 Å². The zero-order chi connectivity index (χ0) is 18.2. The highest BCUT2D eigenvalue weighted by atomic mass is 35.5. The molecule has 2 heterocycles. The molecular weight excluding hydrogens is 371 g/mol. The van der Waals surface area contributed by atoms with Crippen molar-refractivity contribution in [2.75, 3.05) is 5.73 Å². The maximum atomic E-state index is 13.3. The number of alkyl halides is 3. The van der Waals surface area contributed by atoms with Gasteiger partial charge in [0.2, 0.25) is 0 Å². The molecule has 0 aliphatic rings. The molecule has 0 saturated heterocycles. The number of nitrogen functional groups attached to an aromatic ring is 1. The Balaban J connectivity index is 2.20. The standard InChI is InChI=1S/C17H11ClF3N3S/c18-13-6-5-12(25-13)10-7-8-24-16(23)14(10)15(22)9-3-1-2-4-11(9)17(19,20)21/h1-8,22H,(H2,23,24). The number of thiophene rings is 1. The summed E-state index contributed by atoms with van der Waals surface area (Å²) < 4.78 is 40.4. The predicted molar refractivity (Wildman–Crippen MR) is 94.3 cm³/mol. The fourth-order valence-corrected chi connectivity index (χ4v) is 3.56. The van der Waals surface area contributed by atoms with Crippen LogP contribution in [-0.4, -0.2) is 10.7 Å². The van der Waals surface area contributed by atoms with Crippen molar-refractivity contribution in [1.82, 2.24) is 4.98 Å². The Kier molecular flexibility index (Phi) is 4.53. The molecule has 0 bridgehead atoms. The summed E-state index contributed by atoms with van der Waals surface area (Å²) in [5.41, 5.74) is 5.10. The maximum Gasteiger partial charge on any atom is 0.417 e. The quantitative estimate of drug-likeness (QED) is 0.590. The zero-order valence-corrected chi connectivity index (χ0v) is 14.1. The van der Waals surface area contributed by atoms with Crippen molar-refractivity contribution >= 4 is 34.5 Å². The largest absolute Gasteiger partial charge is 0.417 e. The minimum Gasteiger partial charge on any atom is -0.383 e. The van der Waals surface area contributed by atoms with E-state index in [0.29, 0.717) is 14.8 Å². The number of hydrogen-bond donors (Lipinski definition) is 2. The molecule has 128 valence electrons. The van der Waals surface area contributed by atoms with Gasteiger partial charge in [0.05, 0.1) is 21.2 Å². The van der Waals surface area contributed by atoms with Crippen molar-refractivity contribution in [1.29, 1.82) is 5.41 Å². The molecule has 2 aromatic heterocycles. The second kappa shape index (κ2) is 6.50. The van der Waals surface area contributed by atoms with Gasteiger partial charge in [0, 0.05) is 22.2 Å². The molecule has 0 unspecified atom stereocenters. The van der Waals surface area contributed by atoms with Gasteiger partial charge in [0.1, 0.15) is 5.82 Å². The number of hydrogen-bond acceptors (Lipinski definition) is 4. The summed E-state index contributed by atoms with van der Waals surface area (Å²) in [4.78, 5) is 4.64. The van der Waals surface area contributed by atoms with E-state index in [2.05, 4.69) is 4.98 Å². The molecular formula is C17H11ClF3N3S. The molecule has 0 atom stereocenters. The average molecular weight is 382 g/mol. The van der Waals surface area contributed by atoms with Crippen molar-refractivity contribution in [3.8, 4) is 10.4 Å². The average Bonchev–Trinajstić information content (AvgIpc) is 2.99. The van der Waals surface area contributed by atoms with Gasteiger partial charge in [0.25, 0.3) is 0 Å². The lowest BCUT2D eigenvalue weighted by molar-refractivity contribution is -0.137. The van der Waals surface area contributed by atoms with E-state index in [-0.39, 0.29) is 22.7 Å². The van der Waals surface area contributed by atoms with Crippen LogP contribution >= 0.6 is 22.9 Å². The summed E-state index contributed by atoms with van der Waals surface area (Å²) >= 11 is 7.20. The summed E-state index contributed by atoms with van der Waals surface area (Å²) in [6.07, 6.45) is -3.13. The van der Waals surface area contributed by atoms with Crippen molar-refractivity contribution < 1.29 is 13.2 Å². The van der Waals surface area contributed by atoms with E-state index in [9.17, 15) is 13.2 Å². The lowest BCUT2D eigenvalue weighted by Crippen LogP contribution is -2.16. The van der Waals surface area contributed by atoms with Crippen LogP contribution < -0.4 is 5.73 Å². The molecule has 0 aliphatic heterocycles. The highest BCUT2D eigenvalue weighted by molar-refractivity contribution is 7.19. The molecule has 8 heteroatoms. The second-order valence-corrected chi connectivity index (χ2v) is 6.86. The monoisotopic (exact) mass is 381 g/mol. The third-order valence-electron chi connectivity index (χ3n) is 3.57. The molecule has 0 saturated carbocycles. The van der Waals surface area contributed by atoms with E-state index < -0.39 is 11.7 Å². The highest BCUT2D eigenvalue weighted by Gasteiger charge is 2.34. The van der Waals surface area contributed by atoms with E-state index >= 15 is 0 Å². The fourth-order valence-electron chi connectivity index (χ4n) is 2.49. The van der Waals surface area contributed by atoms with Crippen molar-refractivity contribution in [2.45, 2.75) is 6.18 Å². The Labute approximate surface area is 150 Å². The molecule has 0 fully saturated rings. The minimum absolute atomic E-state index is 0.0102. The Morgan fingerprint density at radius 2 is 1.84 bits per heavy atom. The van der Waals surface area contributed by atoms with Gasteiger partial charge in [-0.3, -0.25) is 5.41 Å². The van der Waals surface area contributed by atoms with Crippen LogP contribution in [0.2, 0.25) is 4.34 Å². The van der Waals surface area contributed by atoms with E-state index in [4.69, 9.17) is 22.7 Å². The number of pyridine rings is 1. The first-order chi connectivity index (χ1) is 11.8. The van der Waals surface area contributed by atoms with Gasteiger partial charge in [-0.25, -0.2) is 4.98 Å². The number of anilines is 1. The topological polar surface area (TPSA) is 62.8 Å². The molecule has 25 heavy (non-hydrogen) atoms. The van der Waals surface area contributed by atoms with Crippen molar-refractivity contribution in [3.63, 3.8) is 0 Å². The van der Waals surface area contributed by atoms with Crippen LogP contribution in [0.5, 0.6) is 0 Å². The number of nitrogens with one attached hydrogen (secondary N) is 1. The van der Waals surface area contributed by atoms with Crippen LogP contribution in [0.1, 0.15) is 16.7 Å². The first kappa shape index (κ1) is 17.4. The van der Waals surface area contributed by atoms with Crippen molar-refractivity contribution in [2.24, 2.45) is 0 Å². The van der Waals surface area contributed by atoms with Crippen LogP contribution in [0.4, 0.5) is 19.0 Å². The first-order valence-corrected chi connectivity index (χ1v) is 8.24. The zero-order valence-electron chi connectivity index (χ0n) is 12.6. The lowest BCUT2D eigenvalue weighted by Gasteiger charge is -2.16. The van der Waals surface area contributed by atoms with Gasteiger partial charge in [-0.15, -0.1) is 11.3 Å². The summed E-state index contributed by atoms with van der Waals surface area (Å²) in [6.45, 7) is 0. The van der Waals surface area contributed by atoms with Gasteiger partial charge >= 0.3 is 6.18 Å². The highest BCUT2D eigenvalue weighted by Crippen LogP contribution is 2.38. The van der Waals surface area contributed by atoms with Gasteiger partial charge in [0.15, 0.2) is 0 Å². The molecule has 0 spiro atoms. The van der Waals surface area contributed by atoms with Crippen LogP contribution in [0.15, 0.2) is 48.7 Å². The molecule has 3 aromatic rings. The minimum atomic E-state index is -4.58. The molecule has 3 nitrogen and oxygen atoms in total. The van der Waals surface area contributed by atoms with E-state index in [1.54, 1.807) is 18.2 Å². The second-order valence-electron chi connectivity index (χ2n) is 5.14. The number of benzene rings is 1.